The number of ether oxygens (including phenoxy) is 1. The van der Waals surface area contributed by atoms with Crippen LogP contribution in [0.4, 0.5) is 5.69 Å². The van der Waals surface area contributed by atoms with E-state index in [4.69, 9.17) is 4.74 Å². The minimum Gasteiger partial charge on any atom is -0.372 e. The number of rotatable bonds is 5. The van der Waals surface area contributed by atoms with Crippen molar-refractivity contribution in [3.05, 3.63) is 18.3 Å². The highest BCUT2D eigenvalue weighted by atomic mass is 32.2. The van der Waals surface area contributed by atoms with Gasteiger partial charge in [0.25, 0.3) is 0 Å². The van der Waals surface area contributed by atoms with E-state index in [0.717, 1.165) is 6.26 Å². The minimum absolute atomic E-state index is 0.0275. The summed E-state index contributed by atoms with van der Waals surface area (Å²) in [7, 11) is -3.31. The van der Waals surface area contributed by atoms with Gasteiger partial charge in [0.1, 0.15) is 6.61 Å². The lowest BCUT2D eigenvalue weighted by Crippen LogP contribution is -2.18. The van der Waals surface area contributed by atoms with Crippen LogP contribution >= 0.6 is 0 Å². The first-order valence-corrected chi connectivity index (χ1v) is 6.86. The number of hydrogen-bond donors (Lipinski definition) is 1. The van der Waals surface area contributed by atoms with Crippen molar-refractivity contribution in [1.82, 2.24) is 4.98 Å². The molecule has 0 aliphatic carbocycles. The maximum atomic E-state index is 11.3. The number of nitrogens with one attached hydrogen (secondary N) is 1. The molecule has 0 spiro atoms. The summed E-state index contributed by atoms with van der Waals surface area (Å²) in [6.07, 6.45) is 2.36. The number of pyridine rings is 1. The van der Waals surface area contributed by atoms with Gasteiger partial charge in [0.05, 0.1) is 11.9 Å². The summed E-state index contributed by atoms with van der Waals surface area (Å²) in [5.74, 6) is -0.305. The van der Waals surface area contributed by atoms with Crippen LogP contribution in [-0.4, -0.2) is 38.8 Å². The number of nitrogens with zero attached hydrogens (tertiary/aromatic N) is 1. The van der Waals surface area contributed by atoms with E-state index in [2.05, 4.69) is 10.3 Å². The lowest BCUT2D eigenvalue weighted by molar-refractivity contribution is -0.120. The van der Waals surface area contributed by atoms with E-state index in [9.17, 15) is 13.2 Å². The predicted octanol–water partition coefficient (Wildman–Crippen LogP) is 0.460. The van der Waals surface area contributed by atoms with E-state index in [1.54, 1.807) is 6.92 Å². The van der Waals surface area contributed by atoms with Crippen molar-refractivity contribution in [1.29, 1.82) is 0 Å². The Kier molecular flexibility index (Phi) is 4.59. The molecule has 1 aromatic rings. The average Bonchev–Trinajstić information content (AvgIpc) is 2.26. The Labute approximate surface area is 99.9 Å². The van der Waals surface area contributed by atoms with Gasteiger partial charge in [-0.3, -0.25) is 4.79 Å². The minimum atomic E-state index is -3.31. The molecule has 6 nitrogen and oxygen atoms in total. The van der Waals surface area contributed by atoms with E-state index in [1.807, 2.05) is 0 Å². The highest BCUT2D eigenvalue weighted by Crippen LogP contribution is 2.09. The largest absolute Gasteiger partial charge is 0.372 e. The van der Waals surface area contributed by atoms with E-state index < -0.39 is 9.84 Å². The second kappa shape index (κ2) is 5.74. The van der Waals surface area contributed by atoms with Crippen molar-refractivity contribution < 1.29 is 17.9 Å². The lowest BCUT2D eigenvalue weighted by Gasteiger charge is -2.05. The maximum Gasteiger partial charge on any atom is 0.250 e. The van der Waals surface area contributed by atoms with Crippen LogP contribution in [-0.2, 0) is 19.4 Å². The van der Waals surface area contributed by atoms with Crippen LogP contribution in [0.15, 0.2) is 23.4 Å². The molecule has 0 unspecified atom stereocenters. The van der Waals surface area contributed by atoms with Gasteiger partial charge in [-0.15, -0.1) is 0 Å². The molecule has 0 radical (unpaired) electrons. The molecular weight excluding hydrogens is 244 g/mol. The Hall–Kier alpha value is -1.47. The zero-order valence-electron chi connectivity index (χ0n) is 9.63. The first-order chi connectivity index (χ1) is 7.93. The van der Waals surface area contributed by atoms with Gasteiger partial charge in [0, 0.05) is 12.9 Å². The third-order valence-electron chi connectivity index (χ3n) is 1.84. The van der Waals surface area contributed by atoms with E-state index in [1.165, 1.54) is 18.3 Å². The zero-order valence-corrected chi connectivity index (χ0v) is 10.5. The second-order valence-electron chi connectivity index (χ2n) is 3.34. The van der Waals surface area contributed by atoms with Crippen molar-refractivity contribution in [3.63, 3.8) is 0 Å². The molecule has 17 heavy (non-hydrogen) atoms. The van der Waals surface area contributed by atoms with Gasteiger partial charge >= 0.3 is 0 Å². The molecule has 7 heteroatoms. The van der Waals surface area contributed by atoms with Crippen LogP contribution in [0.1, 0.15) is 6.92 Å². The summed E-state index contributed by atoms with van der Waals surface area (Å²) in [5.41, 5.74) is 0.433. The van der Waals surface area contributed by atoms with Crippen molar-refractivity contribution in [3.8, 4) is 0 Å². The van der Waals surface area contributed by atoms with Crippen LogP contribution in [0.2, 0.25) is 0 Å². The van der Waals surface area contributed by atoms with Gasteiger partial charge in [-0.05, 0) is 19.1 Å². The van der Waals surface area contributed by atoms with E-state index in [0.29, 0.717) is 12.3 Å². The van der Waals surface area contributed by atoms with Crippen molar-refractivity contribution in [2.45, 2.75) is 11.9 Å². The quantitative estimate of drug-likeness (QED) is 0.829. The van der Waals surface area contributed by atoms with Gasteiger partial charge < -0.3 is 10.1 Å². The first kappa shape index (κ1) is 13.6. The fraction of sp³-hybridized carbons (Fsp3) is 0.400. The molecule has 0 bridgehead atoms. The maximum absolute atomic E-state index is 11.3. The predicted molar refractivity (Wildman–Crippen MR) is 62.5 cm³/mol. The van der Waals surface area contributed by atoms with E-state index >= 15 is 0 Å². The molecule has 94 valence electrons. The Morgan fingerprint density at radius 2 is 2.18 bits per heavy atom. The number of sulfone groups is 1. The molecule has 0 atom stereocenters. The van der Waals surface area contributed by atoms with Gasteiger partial charge in [-0.1, -0.05) is 0 Å². The number of amides is 1. The Balaban J connectivity index is 2.66. The molecule has 1 amide bonds. The number of hydrogen-bond acceptors (Lipinski definition) is 5. The fourth-order valence-corrected chi connectivity index (χ4v) is 1.62. The number of aromatic nitrogens is 1. The van der Waals surface area contributed by atoms with Gasteiger partial charge in [-0.25, -0.2) is 13.4 Å². The van der Waals surface area contributed by atoms with Crippen LogP contribution in [0, 0.1) is 0 Å². The average molecular weight is 258 g/mol. The Morgan fingerprint density at radius 3 is 2.65 bits per heavy atom. The Bertz CT molecular complexity index is 482. The number of carbonyl (C=O) groups is 1. The van der Waals surface area contributed by atoms with E-state index in [-0.39, 0.29) is 17.5 Å². The normalized spacial score (nSPS) is 11.2. The summed E-state index contributed by atoms with van der Waals surface area (Å²) in [6, 6.07) is 2.82. The molecule has 0 saturated carbocycles. The topological polar surface area (TPSA) is 85.4 Å². The van der Waals surface area contributed by atoms with Gasteiger partial charge in [0.2, 0.25) is 5.91 Å². The zero-order chi connectivity index (χ0) is 12.9. The molecule has 0 aromatic carbocycles. The van der Waals surface area contributed by atoms with Gasteiger partial charge in [-0.2, -0.15) is 0 Å². The summed E-state index contributed by atoms with van der Waals surface area (Å²) < 4.78 is 27.2. The summed E-state index contributed by atoms with van der Waals surface area (Å²) >= 11 is 0. The summed E-state index contributed by atoms with van der Waals surface area (Å²) in [5, 5.41) is 2.51. The third kappa shape index (κ3) is 4.49. The Morgan fingerprint density at radius 1 is 1.47 bits per heavy atom. The highest BCUT2D eigenvalue weighted by molar-refractivity contribution is 7.90. The van der Waals surface area contributed by atoms with Crippen LogP contribution < -0.4 is 5.32 Å². The third-order valence-corrected chi connectivity index (χ3v) is 2.84. The lowest BCUT2D eigenvalue weighted by atomic mass is 10.4. The molecule has 1 rings (SSSR count). The number of carbonyl (C=O) groups excluding carboxylic acids is 1. The molecule has 0 fully saturated rings. The first-order valence-electron chi connectivity index (χ1n) is 4.97. The molecule has 0 aliphatic rings. The molecule has 0 aliphatic heterocycles. The molecule has 1 heterocycles. The van der Waals surface area contributed by atoms with Crippen LogP contribution in [0.25, 0.3) is 0 Å². The monoisotopic (exact) mass is 258 g/mol. The van der Waals surface area contributed by atoms with Crippen molar-refractivity contribution in [2.75, 3.05) is 24.8 Å². The standard InChI is InChI=1S/C10H14N2O4S/c1-3-16-7-9(13)12-8-4-5-10(11-6-8)17(2,14)15/h4-6H,3,7H2,1-2H3,(H,12,13). The van der Waals surface area contributed by atoms with Crippen LogP contribution in [0.3, 0.4) is 0 Å². The summed E-state index contributed by atoms with van der Waals surface area (Å²) in [4.78, 5) is 15.0. The molecule has 1 aromatic heterocycles. The molecule has 1 N–H and O–H groups in total. The van der Waals surface area contributed by atoms with Crippen molar-refractivity contribution >= 4 is 21.4 Å². The fourth-order valence-electron chi connectivity index (χ4n) is 1.07. The SMILES string of the molecule is CCOCC(=O)Nc1ccc(S(C)(=O)=O)nc1. The second-order valence-corrected chi connectivity index (χ2v) is 5.31. The number of anilines is 1. The summed E-state index contributed by atoms with van der Waals surface area (Å²) in [6.45, 7) is 2.21. The highest BCUT2D eigenvalue weighted by Gasteiger charge is 2.08. The molecular formula is C10H14N2O4S. The van der Waals surface area contributed by atoms with Crippen LogP contribution in [0.5, 0.6) is 0 Å². The molecule has 0 saturated heterocycles. The smallest absolute Gasteiger partial charge is 0.250 e. The van der Waals surface area contributed by atoms with Gasteiger partial charge in [0.15, 0.2) is 14.9 Å². The van der Waals surface area contributed by atoms with Crippen molar-refractivity contribution in [2.24, 2.45) is 0 Å².